The molecule has 0 saturated heterocycles. The molecule has 0 aliphatic heterocycles. The van der Waals surface area contributed by atoms with Crippen LogP contribution < -0.4 is 5.32 Å². The minimum Gasteiger partial charge on any atom is -0.481 e. The van der Waals surface area contributed by atoms with Gasteiger partial charge >= 0.3 is 11.9 Å². The standard InChI is InChI=1S/C11H17NO5/c13-9(14)2-1-5-12-10(15)7-3-4-8(6-7)11(16)17/h7-8H,1-6H2,(H,12,15)(H,13,14)(H,16,17). The van der Waals surface area contributed by atoms with Crippen LogP contribution in [0.25, 0.3) is 0 Å². The fraction of sp³-hybridized carbons (Fsp3) is 0.727. The van der Waals surface area contributed by atoms with E-state index in [-0.39, 0.29) is 18.2 Å². The lowest BCUT2D eigenvalue weighted by atomic mass is 10.0. The van der Waals surface area contributed by atoms with Crippen molar-refractivity contribution in [2.45, 2.75) is 32.1 Å². The average Bonchev–Trinajstić information content (AvgIpc) is 2.73. The maximum Gasteiger partial charge on any atom is 0.306 e. The maximum atomic E-state index is 11.6. The van der Waals surface area contributed by atoms with E-state index in [0.29, 0.717) is 32.2 Å². The molecule has 1 aliphatic carbocycles. The van der Waals surface area contributed by atoms with Crippen molar-refractivity contribution in [2.24, 2.45) is 11.8 Å². The summed E-state index contributed by atoms with van der Waals surface area (Å²) in [4.78, 5) is 32.6. The zero-order valence-corrected chi connectivity index (χ0v) is 9.52. The van der Waals surface area contributed by atoms with Gasteiger partial charge in [0.15, 0.2) is 0 Å². The number of amides is 1. The molecule has 0 aromatic rings. The van der Waals surface area contributed by atoms with Crippen LogP contribution in [-0.4, -0.2) is 34.6 Å². The van der Waals surface area contributed by atoms with E-state index >= 15 is 0 Å². The SMILES string of the molecule is O=C(O)CCCNC(=O)C1CCC(C(=O)O)C1. The number of aliphatic carboxylic acids is 2. The number of carboxylic acids is 2. The van der Waals surface area contributed by atoms with E-state index in [1.54, 1.807) is 0 Å². The van der Waals surface area contributed by atoms with Crippen molar-refractivity contribution >= 4 is 17.8 Å². The Balaban J connectivity index is 2.21. The highest BCUT2D eigenvalue weighted by atomic mass is 16.4. The molecule has 0 heterocycles. The Morgan fingerprint density at radius 1 is 1.12 bits per heavy atom. The van der Waals surface area contributed by atoms with Crippen molar-refractivity contribution in [1.82, 2.24) is 5.32 Å². The quantitative estimate of drug-likeness (QED) is 0.588. The molecule has 0 aromatic carbocycles. The first kappa shape index (κ1) is 13.5. The first-order valence-electron chi connectivity index (χ1n) is 5.73. The Bertz CT molecular complexity index is 315. The molecule has 0 radical (unpaired) electrons. The number of carbonyl (C=O) groups is 3. The molecule has 2 unspecified atom stereocenters. The van der Waals surface area contributed by atoms with Crippen LogP contribution in [0.15, 0.2) is 0 Å². The minimum atomic E-state index is -0.883. The zero-order valence-electron chi connectivity index (χ0n) is 9.52. The summed E-state index contributed by atoms with van der Waals surface area (Å²) in [6, 6.07) is 0. The fourth-order valence-corrected chi connectivity index (χ4v) is 2.04. The summed E-state index contributed by atoms with van der Waals surface area (Å²) in [5, 5.41) is 19.8. The van der Waals surface area contributed by atoms with Crippen LogP contribution >= 0.6 is 0 Å². The molecule has 1 rings (SSSR count). The highest BCUT2D eigenvalue weighted by molar-refractivity contribution is 5.80. The topological polar surface area (TPSA) is 104 Å². The molecule has 6 nitrogen and oxygen atoms in total. The molecule has 1 aliphatic rings. The van der Waals surface area contributed by atoms with Gasteiger partial charge in [-0.1, -0.05) is 0 Å². The number of nitrogens with one attached hydrogen (secondary N) is 1. The average molecular weight is 243 g/mol. The molecule has 3 N–H and O–H groups in total. The summed E-state index contributed by atoms with van der Waals surface area (Å²) in [7, 11) is 0. The summed E-state index contributed by atoms with van der Waals surface area (Å²) in [5.74, 6) is -2.53. The molecule has 2 atom stereocenters. The number of carbonyl (C=O) groups excluding carboxylic acids is 1. The predicted molar refractivity (Wildman–Crippen MR) is 58.3 cm³/mol. The van der Waals surface area contributed by atoms with Gasteiger partial charge in [0.05, 0.1) is 5.92 Å². The van der Waals surface area contributed by atoms with Gasteiger partial charge in [-0.2, -0.15) is 0 Å². The summed E-state index contributed by atoms with van der Waals surface area (Å²) in [6.45, 7) is 0.333. The van der Waals surface area contributed by atoms with Crippen LogP contribution in [0.3, 0.4) is 0 Å². The molecule has 0 spiro atoms. The zero-order chi connectivity index (χ0) is 12.8. The van der Waals surface area contributed by atoms with E-state index in [2.05, 4.69) is 5.32 Å². The molecule has 17 heavy (non-hydrogen) atoms. The Morgan fingerprint density at radius 3 is 2.29 bits per heavy atom. The Labute approximate surface area is 99.0 Å². The Kier molecular flexibility index (Phi) is 4.93. The molecule has 1 saturated carbocycles. The lowest BCUT2D eigenvalue weighted by Gasteiger charge is -2.10. The van der Waals surface area contributed by atoms with Crippen LogP contribution in [0.4, 0.5) is 0 Å². The number of hydrogen-bond acceptors (Lipinski definition) is 3. The van der Waals surface area contributed by atoms with Crippen molar-refractivity contribution in [3.8, 4) is 0 Å². The first-order valence-corrected chi connectivity index (χ1v) is 5.73. The van der Waals surface area contributed by atoms with Gasteiger partial charge in [0.1, 0.15) is 0 Å². The molecule has 0 aromatic heterocycles. The van der Waals surface area contributed by atoms with Gasteiger partial charge in [-0.15, -0.1) is 0 Å². The highest BCUT2D eigenvalue weighted by Gasteiger charge is 2.33. The molecule has 96 valence electrons. The minimum absolute atomic E-state index is 0.0305. The van der Waals surface area contributed by atoms with E-state index in [1.165, 1.54) is 0 Å². The van der Waals surface area contributed by atoms with Crippen LogP contribution in [0.1, 0.15) is 32.1 Å². The lowest BCUT2D eigenvalue weighted by Crippen LogP contribution is -2.30. The second kappa shape index (κ2) is 6.22. The molecule has 6 heteroatoms. The second-order valence-electron chi connectivity index (χ2n) is 4.33. The van der Waals surface area contributed by atoms with E-state index in [4.69, 9.17) is 10.2 Å². The van der Waals surface area contributed by atoms with Crippen LogP contribution in [-0.2, 0) is 14.4 Å². The van der Waals surface area contributed by atoms with Crippen molar-refractivity contribution in [1.29, 1.82) is 0 Å². The van der Waals surface area contributed by atoms with E-state index in [0.717, 1.165) is 0 Å². The van der Waals surface area contributed by atoms with E-state index in [9.17, 15) is 14.4 Å². The number of hydrogen-bond donors (Lipinski definition) is 3. The van der Waals surface area contributed by atoms with Gasteiger partial charge in [0.25, 0.3) is 0 Å². The summed E-state index contributed by atoms with van der Waals surface area (Å²) in [6.07, 6.45) is 1.96. The van der Waals surface area contributed by atoms with Gasteiger partial charge in [-0.05, 0) is 25.7 Å². The van der Waals surface area contributed by atoms with Gasteiger partial charge in [-0.3, -0.25) is 14.4 Å². The summed E-state index contributed by atoms with van der Waals surface area (Å²) < 4.78 is 0. The monoisotopic (exact) mass is 243 g/mol. The maximum absolute atomic E-state index is 11.6. The molecule has 1 fully saturated rings. The summed E-state index contributed by atoms with van der Waals surface area (Å²) >= 11 is 0. The van der Waals surface area contributed by atoms with Crippen molar-refractivity contribution in [3.63, 3.8) is 0 Å². The number of carboxylic acid groups (broad SMARTS) is 2. The van der Waals surface area contributed by atoms with Gasteiger partial charge in [0, 0.05) is 18.9 Å². The van der Waals surface area contributed by atoms with Crippen LogP contribution in [0.2, 0.25) is 0 Å². The largest absolute Gasteiger partial charge is 0.481 e. The lowest BCUT2D eigenvalue weighted by molar-refractivity contribution is -0.141. The van der Waals surface area contributed by atoms with Gasteiger partial charge in [-0.25, -0.2) is 0 Å². The summed E-state index contributed by atoms with van der Waals surface area (Å²) in [5.41, 5.74) is 0. The smallest absolute Gasteiger partial charge is 0.306 e. The third-order valence-electron chi connectivity index (χ3n) is 3.02. The third-order valence-corrected chi connectivity index (χ3v) is 3.02. The van der Waals surface area contributed by atoms with Gasteiger partial charge < -0.3 is 15.5 Å². The Hall–Kier alpha value is -1.59. The Morgan fingerprint density at radius 2 is 1.76 bits per heavy atom. The van der Waals surface area contributed by atoms with Gasteiger partial charge in [0.2, 0.25) is 5.91 Å². The molecular formula is C11H17NO5. The van der Waals surface area contributed by atoms with E-state index in [1.807, 2.05) is 0 Å². The van der Waals surface area contributed by atoms with Crippen molar-refractivity contribution in [2.75, 3.05) is 6.54 Å². The van der Waals surface area contributed by atoms with Crippen molar-refractivity contribution < 1.29 is 24.6 Å². The fourth-order valence-electron chi connectivity index (χ4n) is 2.04. The predicted octanol–water partition coefficient (Wildman–Crippen LogP) is 0.468. The van der Waals surface area contributed by atoms with Crippen molar-refractivity contribution in [3.05, 3.63) is 0 Å². The van der Waals surface area contributed by atoms with Crippen LogP contribution in [0, 0.1) is 11.8 Å². The molecular weight excluding hydrogens is 226 g/mol. The third kappa shape index (κ3) is 4.42. The van der Waals surface area contributed by atoms with E-state index < -0.39 is 17.9 Å². The van der Waals surface area contributed by atoms with Crippen LogP contribution in [0.5, 0.6) is 0 Å². The normalized spacial score (nSPS) is 23.3. The highest BCUT2D eigenvalue weighted by Crippen LogP contribution is 2.30. The number of rotatable bonds is 6. The molecule has 1 amide bonds. The molecule has 0 bridgehead atoms. The second-order valence-corrected chi connectivity index (χ2v) is 4.33. The first-order chi connectivity index (χ1) is 8.00.